The molecule has 0 unspecified atom stereocenters. The maximum atomic E-state index is 12.6. The van der Waals surface area contributed by atoms with Crippen molar-refractivity contribution >= 4 is 11.9 Å². The van der Waals surface area contributed by atoms with E-state index in [1.165, 1.54) is 0 Å². The van der Waals surface area contributed by atoms with Crippen molar-refractivity contribution in [3.63, 3.8) is 0 Å². The Morgan fingerprint density at radius 1 is 1.12 bits per heavy atom. The molecule has 1 aliphatic rings. The number of phenols is 1. The second-order valence-corrected chi connectivity index (χ2v) is 11.4. The maximum absolute atomic E-state index is 12.6. The number of cyclic esters (lactones) is 1. The van der Waals surface area contributed by atoms with Gasteiger partial charge in [0.2, 0.25) is 5.91 Å². The van der Waals surface area contributed by atoms with Crippen LogP contribution in [0.1, 0.15) is 92.0 Å². The molecule has 4 atom stereocenters. The third-order valence-corrected chi connectivity index (χ3v) is 7.28. The molecule has 0 spiro atoms. The number of aryl methyl sites for hydroxylation is 1. The zero-order valence-corrected chi connectivity index (χ0v) is 25.5. The third kappa shape index (κ3) is 8.79. The average Bonchev–Trinajstić information content (AvgIpc) is 3.41. The number of likely N-dealkylation sites (N-methyl/N-ethyl adjacent to an activating group) is 1. The van der Waals surface area contributed by atoms with Gasteiger partial charge in [-0.05, 0) is 52.0 Å². The number of amides is 1. The van der Waals surface area contributed by atoms with Crippen LogP contribution in [0, 0.1) is 12.8 Å². The average molecular weight is 577 g/mol. The number of carbonyl (C=O) groups excluding carboxylic acids is 2. The fraction of sp³-hybridized carbons (Fsp3) is 0.441. The standard InChI is InChI=1S/C34H44N2O6/c1-22(2)19-28(37)36(6)18-14-12-10-8-7-9-11-13-15-24(4)33-35-26(21-41-33)20-25(5)32-31(39)27-17-16-23(3)30(38)29(27)34(40)42-32/h7,9,11-14,16-17,19,21,24-25,31-32,38-39H,8,10,15,18,20H2,1-6H3/b9-7+,13-11+,14-12+/t24-,25-,31+,32-/m1/s1. The lowest BCUT2D eigenvalue weighted by Crippen LogP contribution is -2.37. The molecule has 0 aliphatic carbocycles. The van der Waals surface area contributed by atoms with E-state index in [1.807, 2.05) is 39.0 Å². The van der Waals surface area contributed by atoms with Crippen LogP contribution in [-0.4, -0.2) is 51.7 Å². The number of fused-ring (bicyclic) bond motifs is 1. The second kappa shape index (κ2) is 15.4. The molecule has 0 bridgehead atoms. The normalized spacial score (nSPS) is 18.3. The summed E-state index contributed by atoms with van der Waals surface area (Å²) in [6.07, 6.45) is 16.9. The van der Waals surface area contributed by atoms with Gasteiger partial charge >= 0.3 is 5.97 Å². The fourth-order valence-electron chi connectivity index (χ4n) is 4.74. The maximum Gasteiger partial charge on any atom is 0.342 e. The Kier molecular flexibility index (Phi) is 11.9. The minimum Gasteiger partial charge on any atom is -0.507 e. The molecule has 1 aromatic carbocycles. The number of aliphatic hydroxyl groups is 1. The van der Waals surface area contributed by atoms with Gasteiger partial charge in [-0.1, -0.05) is 68.0 Å². The molecule has 8 heteroatoms. The van der Waals surface area contributed by atoms with Crippen LogP contribution in [0.4, 0.5) is 0 Å². The second-order valence-electron chi connectivity index (χ2n) is 11.4. The van der Waals surface area contributed by atoms with Crippen LogP contribution in [-0.2, 0) is 16.0 Å². The van der Waals surface area contributed by atoms with Gasteiger partial charge < -0.3 is 24.3 Å². The first-order valence-electron chi connectivity index (χ1n) is 14.5. The van der Waals surface area contributed by atoms with Crippen molar-refractivity contribution in [2.75, 3.05) is 13.6 Å². The molecule has 0 saturated carbocycles. The van der Waals surface area contributed by atoms with Crippen LogP contribution in [0.25, 0.3) is 0 Å². The zero-order chi connectivity index (χ0) is 30.8. The van der Waals surface area contributed by atoms with Gasteiger partial charge in [0.1, 0.15) is 29.8 Å². The molecular weight excluding hydrogens is 532 g/mol. The first kappa shape index (κ1) is 32.6. The van der Waals surface area contributed by atoms with Gasteiger partial charge in [0.05, 0.1) is 5.69 Å². The van der Waals surface area contributed by atoms with Gasteiger partial charge in [-0.3, -0.25) is 4.79 Å². The Balaban J connectivity index is 1.42. The number of oxazole rings is 1. The smallest absolute Gasteiger partial charge is 0.342 e. The van der Waals surface area contributed by atoms with Crippen LogP contribution in [0.15, 0.2) is 70.9 Å². The molecule has 3 rings (SSSR count). The molecule has 2 heterocycles. The summed E-state index contributed by atoms with van der Waals surface area (Å²) in [7, 11) is 1.80. The Morgan fingerprint density at radius 3 is 2.57 bits per heavy atom. The predicted octanol–water partition coefficient (Wildman–Crippen LogP) is 6.51. The van der Waals surface area contributed by atoms with Crippen molar-refractivity contribution in [1.82, 2.24) is 9.88 Å². The number of rotatable bonds is 13. The quantitative estimate of drug-likeness (QED) is 0.0919. The van der Waals surface area contributed by atoms with E-state index < -0.39 is 18.2 Å². The number of aliphatic hydroxyl groups excluding tert-OH is 1. The summed E-state index contributed by atoms with van der Waals surface area (Å²) in [5, 5.41) is 21.2. The number of unbranched alkanes of at least 4 members (excludes halogenated alkanes) is 1. The van der Waals surface area contributed by atoms with E-state index in [2.05, 4.69) is 30.1 Å². The molecule has 0 fully saturated rings. The monoisotopic (exact) mass is 576 g/mol. The number of aromatic hydroxyl groups is 1. The molecule has 226 valence electrons. The SMILES string of the molecule is CC(C)=CC(=O)N(C)C/C=C/CC/C=C/C=C/C[C@@H](C)c1nc(C[C@@H](C)[C@H]2OC(=O)c3c(ccc(C)c3O)[C@@H]2O)co1. The number of hydrogen-bond donors (Lipinski definition) is 2. The number of esters is 1. The summed E-state index contributed by atoms with van der Waals surface area (Å²) in [5.41, 5.74) is 2.70. The van der Waals surface area contributed by atoms with Crippen LogP contribution < -0.4 is 0 Å². The van der Waals surface area contributed by atoms with Crippen molar-refractivity contribution in [2.24, 2.45) is 5.92 Å². The van der Waals surface area contributed by atoms with Crippen LogP contribution >= 0.6 is 0 Å². The van der Waals surface area contributed by atoms with Crippen molar-refractivity contribution in [1.29, 1.82) is 0 Å². The topological polar surface area (TPSA) is 113 Å². The van der Waals surface area contributed by atoms with Crippen molar-refractivity contribution in [3.8, 4) is 5.75 Å². The molecule has 1 aliphatic heterocycles. The highest BCUT2D eigenvalue weighted by atomic mass is 16.6. The van der Waals surface area contributed by atoms with E-state index in [-0.39, 0.29) is 29.1 Å². The fourth-order valence-corrected chi connectivity index (χ4v) is 4.74. The number of nitrogens with zero attached hydrogens (tertiary/aromatic N) is 2. The van der Waals surface area contributed by atoms with Crippen LogP contribution in [0.5, 0.6) is 5.75 Å². The summed E-state index contributed by atoms with van der Waals surface area (Å²) < 4.78 is 11.3. The molecule has 8 nitrogen and oxygen atoms in total. The van der Waals surface area contributed by atoms with Crippen molar-refractivity contribution < 1.29 is 29.0 Å². The number of aromatic nitrogens is 1. The minimum absolute atomic E-state index is 0.0186. The van der Waals surface area contributed by atoms with Gasteiger partial charge in [0.25, 0.3) is 0 Å². The summed E-state index contributed by atoms with van der Waals surface area (Å²) in [4.78, 5) is 30.8. The molecule has 0 radical (unpaired) electrons. The number of allylic oxidation sites excluding steroid dienone is 6. The van der Waals surface area contributed by atoms with Crippen molar-refractivity contribution in [3.05, 3.63) is 94.8 Å². The number of hydrogen-bond acceptors (Lipinski definition) is 7. The van der Waals surface area contributed by atoms with E-state index in [4.69, 9.17) is 9.15 Å². The lowest BCUT2D eigenvalue weighted by Gasteiger charge is -2.33. The van der Waals surface area contributed by atoms with E-state index in [0.717, 1.165) is 30.5 Å². The summed E-state index contributed by atoms with van der Waals surface area (Å²) in [6.45, 7) is 10.1. The Labute approximate surface area is 249 Å². The molecule has 2 aromatic rings. The number of carbonyl (C=O) groups is 2. The first-order chi connectivity index (χ1) is 20.0. The summed E-state index contributed by atoms with van der Waals surface area (Å²) in [5.74, 6) is -0.259. The van der Waals surface area contributed by atoms with Gasteiger partial charge in [0.15, 0.2) is 5.89 Å². The number of phenolic OH excluding ortho intramolecular Hbond substituents is 1. The molecule has 2 N–H and O–H groups in total. The Hall–Kier alpha value is -3.91. The highest BCUT2D eigenvalue weighted by molar-refractivity contribution is 5.96. The highest BCUT2D eigenvalue weighted by Gasteiger charge is 2.39. The van der Waals surface area contributed by atoms with Crippen LogP contribution in [0.2, 0.25) is 0 Å². The Bertz CT molecular complexity index is 1350. The van der Waals surface area contributed by atoms with E-state index in [1.54, 1.807) is 43.3 Å². The first-order valence-corrected chi connectivity index (χ1v) is 14.5. The zero-order valence-electron chi connectivity index (χ0n) is 25.5. The molecule has 0 saturated heterocycles. The summed E-state index contributed by atoms with van der Waals surface area (Å²) >= 11 is 0. The number of ether oxygens (including phenoxy) is 1. The number of benzene rings is 1. The van der Waals surface area contributed by atoms with Gasteiger partial charge in [-0.15, -0.1) is 0 Å². The van der Waals surface area contributed by atoms with Crippen LogP contribution in [0.3, 0.4) is 0 Å². The molecule has 42 heavy (non-hydrogen) atoms. The van der Waals surface area contributed by atoms with E-state index in [0.29, 0.717) is 30.0 Å². The van der Waals surface area contributed by atoms with Crippen molar-refractivity contribution in [2.45, 2.75) is 78.4 Å². The van der Waals surface area contributed by atoms with E-state index in [9.17, 15) is 19.8 Å². The van der Waals surface area contributed by atoms with Gasteiger partial charge in [-0.25, -0.2) is 9.78 Å². The Morgan fingerprint density at radius 2 is 1.83 bits per heavy atom. The van der Waals surface area contributed by atoms with Gasteiger partial charge in [0, 0.05) is 37.1 Å². The highest BCUT2D eigenvalue weighted by Crippen LogP contribution is 2.39. The lowest BCUT2D eigenvalue weighted by atomic mass is 9.86. The minimum atomic E-state index is -1.04. The summed E-state index contributed by atoms with van der Waals surface area (Å²) in [6, 6.07) is 3.35. The predicted molar refractivity (Wildman–Crippen MR) is 163 cm³/mol. The van der Waals surface area contributed by atoms with Gasteiger partial charge in [-0.2, -0.15) is 0 Å². The van der Waals surface area contributed by atoms with E-state index >= 15 is 0 Å². The third-order valence-electron chi connectivity index (χ3n) is 7.28. The lowest BCUT2D eigenvalue weighted by molar-refractivity contribution is -0.124. The molecule has 1 aromatic heterocycles. The largest absolute Gasteiger partial charge is 0.507 e. The molecular formula is C34H44N2O6. The molecule has 1 amide bonds.